The second kappa shape index (κ2) is 7.58. The summed E-state index contributed by atoms with van der Waals surface area (Å²) in [5, 5.41) is 10.6. The maximum atomic E-state index is 12.8. The Morgan fingerprint density at radius 3 is 2.50 bits per heavy atom. The number of H-pyrrole nitrogens is 1. The first-order valence-electron chi connectivity index (χ1n) is 9.73. The highest BCUT2D eigenvalue weighted by Crippen LogP contribution is 2.26. The Kier molecular flexibility index (Phi) is 5.02. The molecule has 26 heavy (non-hydrogen) atoms. The number of nitrogens with zero attached hydrogens (tertiary/aromatic N) is 3. The number of amides is 1. The molecule has 1 amide bonds. The predicted octanol–water partition coefficient (Wildman–Crippen LogP) is 2.15. The highest BCUT2D eigenvalue weighted by atomic mass is 16.2. The molecule has 0 radical (unpaired) electrons. The third-order valence-corrected chi connectivity index (χ3v) is 5.62. The molecule has 6 heteroatoms. The van der Waals surface area contributed by atoms with E-state index < -0.39 is 0 Å². The Hall–Kier alpha value is -2.21. The molecule has 0 atom stereocenters. The van der Waals surface area contributed by atoms with Crippen molar-refractivity contribution in [2.45, 2.75) is 38.5 Å². The van der Waals surface area contributed by atoms with Crippen LogP contribution < -0.4 is 5.32 Å². The summed E-state index contributed by atoms with van der Waals surface area (Å²) in [7, 11) is 0. The lowest BCUT2D eigenvalue weighted by Crippen LogP contribution is -2.43. The summed E-state index contributed by atoms with van der Waals surface area (Å²) in [6, 6.07) is 8.19. The van der Waals surface area contributed by atoms with Crippen molar-refractivity contribution in [3.8, 4) is 0 Å². The van der Waals surface area contributed by atoms with Crippen molar-refractivity contribution in [1.29, 1.82) is 0 Å². The summed E-state index contributed by atoms with van der Waals surface area (Å²) in [4.78, 5) is 19.3. The fourth-order valence-electron chi connectivity index (χ4n) is 3.78. The molecule has 0 saturated carbocycles. The number of benzene rings is 1. The van der Waals surface area contributed by atoms with Crippen molar-refractivity contribution in [2.24, 2.45) is 5.92 Å². The lowest BCUT2D eigenvalue weighted by atomic mass is 9.93. The van der Waals surface area contributed by atoms with Crippen molar-refractivity contribution >= 4 is 5.91 Å². The van der Waals surface area contributed by atoms with Crippen LogP contribution in [0.1, 0.15) is 53.3 Å². The van der Waals surface area contributed by atoms with Crippen molar-refractivity contribution in [1.82, 2.24) is 25.4 Å². The number of piperidine rings is 1. The van der Waals surface area contributed by atoms with Gasteiger partial charge in [-0.3, -0.25) is 9.89 Å². The number of hydrogen-bond acceptors (Lipinski definition) is 4. The van der Waals surface area contributed by atoms with Crippen LogP contribution in [0.5, 0.6) is 0 Å². The Balaban J connectivity index is 1.32. The summed E-state index contributed by atoms with van der Waals surface area (Å²) in [6.07, 6.45) is 3.83. The lowest BCUT2D eigenvalue weighted by molar-refractivity contribution is 0.0711. The van der Waals surface area contributed by atoms with E-state index >= 15 is 0 Å². The predicted molar refractivity (Wildman–Crippen MR) is 100 cm³/mol. The van der Waals surface area contributed by atoms with E-state index in [0.717, 1.165) is 75.0 Å². The van der Waals surface area contributed by atoms with Gasteiger partial charge in [0.1, 0.15) is 5.82 Å². The second-order valence-electron chi connectivity index (χ2n) is 7.49. The summed E-state index contributed by atoms with van der Waals surface area (Å²) in [5.74, 6) is 3.10. The summed E-state index contributed by atoms with van der Waals surface area (Å²) >= 11 is 0. The minimum atomic E-state index is 0.143. The molecule has 1 aromatic carbocycles. The molecule has 0 unspecified atom stereocenters. The molecule has 2 saturated heterocycles. The normalized spacial score (nSPS) is 18.7. The number of carbonyl (C=O) groups is 1. The molecule has 2 aliphatic heterocycles. The van der Waals surface area contributed by atoms with E-state index in [1.165, 1.54) is 5.56 Å². The van der Waals surface area contributed by atoms with Gasteiger partial charge in [-0.2, -0.15) is 5.10 Å². The van der Waals surface area contributed by atoms with E-state index in [4.69, 9.17) is 0 Å². The molecule has 2 N–H and O–H groups in total. The average molecular weight is 353 g/mol. The number of rotatable bonds is 5. The van der Waals surface area contributed by atoms with Gasteiger partial charge in [-0.25, -0.2) is 4.98 Å². The molecule has 0 aliphatic carbocycles. The molecule has 4 rings (SSSR count). The zero-order chi connectivity index (χ0) is 17.9. The van der Waals surface area contributed by atoms with Gasteiger partial charge in [-0.15, -0.1) is 0 Å². The van der Waals surface area contributed by atoms with E-state index in [-0.39, 0.29) is 5.91 Å². The minimum Gasteiger partial charge on any atom is -0.339 e. The van der Waals surface area contributed by atoms with Crippen molar-refractivity contribution in [3.05, 3.63) is 47.0 Å². The standard InChI is InChI=1S/C20H27N5O/c1-2-18-22-19(24-23-18)16-7-9-25(10-8-16)20(26)17-5-3-14(4-6-17)11-15-12-21-13-15/h3-6,15-16,21H,2,7-13H2,1H3,(H,22,23,24). The molecule has 2 aliphatic rings. The van der Waals surface area contributed by atoms with E-state index in [0.29, 0.717) is 5.92 Å². The number of likely N-dealkylation sites (tertiary alicyclic amines) is 1. The quantitative estimate of drug-likeness (QED) is 0.864. The van der Waals surface area contributed by atoms with Gasteiger partial charge in [0.2, 0.25) is 0 Å². The van der Waals surface area contributed by atoms with Crippen molar-refractivity contribution < 1.29 is 4.79 Å². The van der Waals surface area contributed by atoms with Crippen LogP contribution in [0.15, 0.2) is 24.3 Å². The molecule has 1 aromatic heterocycles. The monoisotopic (exact) mass is 353 g/mol. The molecular formula is C20H27N5O. The maximum absolute atomic E-state index is 12.8. The van der Waals surface area contributed by atoms with E-state index in [9.17, 15) is 4.79 Å². The summed E-state index contributed by atoms with van der Waals surface area (Å²) in [6.45, 7) is 5.84. The maximum Gasteiger partial charge on any atom is 0.253 e. The average Bonchev–Trinajstić information content (AvgIpc) is 3.14. The Labute approximate surface area is 154 Å². The second-order valence-corrected chi connectivity index (χ2v) is 7.49. The fourth-order valence-corrected chi connectivity index (χ4v) is 3.78. The third kappa shape index (κ3) is 3.65. The van der Waals surface area contributed by atoms with Crippen LogP contribution in [-0.2, 0) is 12.8 Å². The van der Waals surface area contributed by atoms with Gasteiger partial charge in [0.25, 0.3) is 5.91 Å². The SMILES string of the molecule is CCc1nc(C2CCN(C(=O)c3ccc(CC4CNC4)cc3)CC2)n[nH]1. The highest BCUT2D eigenvalue weighted by Gasteiger charge is 2.27. The summed E-state index contributed by atoms with van der Waals surface area (Å²) < 4.78 is 0. The Morgan fingerprint density at radius 1 is 1.19 bits per heavy atom. The lowest BCUT2D eigenvalue weighted by Gasteiger charge is -2.31. The molecule has 2 fully saturated rings. The van der Waals surface area contributed by atoms with Gasteiger partial charge in [-0.05, 0) is 56.0 Å². The van der Waals surface area contributed by atoms with Crippen LogP contribution in [0.3, 0.4) is 0 Å². The van der Waals surface area contributed by atoms with E-state index in [1.807, 2.05) is 17.0 Å². The van der Waals surface area contributed by atoms with Crippen LogP contribution in [0, 0.1) is 5.92 Å². The van der Waals surface area contributed by atoms with Crippen LogP contribution in [0.25, 0.3) is 0 Å². The zero-order valence-electron chi connectivity index (χ0n) is 15.4. The molecular weight excluding hydrogens is 326 g/mol. The molecule has 6 nitrogen and oxygen atoms in total. The molecule has 138 valence electrons. The Bertz CT molecular complexity index is 742. The molecule has 0 spiro atoms. The number of nitrogens with one attached hydrogen (secondary N) is 2. The minimum absolute atomic E-state index is 0.143. The molecule has 2 aromatic rings. The van der Waals surface area contributed by atoms with Gasteiger partial charge in [0.05, 0.1) is 0 Å². The van der Waals surface area contributed by atoms with Gasteiger partial charge in [-0.1, -0.05) is 19.1 Å². The number of aromatic amines is 1. The van der Waals surface area contributed by atoms with E-state index in [1.54, 1.807) is 0 Å². The highest BCUT2D eigenvalue weighted by molar-refractivity contribution is 5.94. The Morgan fingerprint density at radius 2 is 1.92 bits per heavy atom. The molecule has 0 bridgehead atoms. The van der Waals surface area contributed by atoms with Gasteiger partial charge in [0.15, 0.2) is 5.82 Å². The fraction of sp³-hybridized carbons (Fsp3) is 0.550. The number of aryl methyl sites for hydroxylation is 1. The van der Waals surface area contributed by atoms with Crippen LogP contribution >= 0.6 is 0 Å². The first-order valence-corrected chi connectivity index (χ1v) is 9.73. The topological polar surface area (TPSA) is 73.9 Å². The van der Waals surface area contributed by atoms with Crippen LogP contribution in [0.4, 0.5) is 0 Å². The number of carbonyl (C=O) groups excluding carboxylic acids is 1. The third-order valence-electron chi connectivity index (χ3n) is 5.62. The van der Waals surface area contributed by atoms with Crippen LogP contribution in [-0.4, -0.2) is 52.2 Å². The van der Waals surface area contributed by atoms with Gasteiger partial charge in [0, 0.05) is 31.0 Å². The van der Waals surface area contributed by atoms with Crippen molar-refractivity contribution in [3.63, 3.8) is 0 Å². The number of hydrogen-bond donors (Lipinski definition) is 2. The molecule has 3 heterocycles. The van der Waals surface area contributed by atoms with Gasteiger partial charge < -0.3 is 10.2 Å². The van der Waals surface area contributed by atoms with Crippen LogP contribution in [0.2, 0.25) is 0 Å². The first kappa shape index (κ1) is 17.2. The van der Waals surface area contributed by atoms with E-state index in [2.05, 4.69) is 39.6 Å². The number of aromatic nitrogens is 3. The largest absolute Gasteiger partial charge is 0.339 e. The van der Waals surface area contributed by atoms with Crippen molar-refractivity contribution in [2.75, 3.05) is 26.2 Å². The smallest absolute Gasteiger partial charge is 0.253 e. The summed E-state index contributed by atoms with van der Waals surface area (Å²) in [5.41, 5.74) is 2.12. The first-order chi connectivity index (χ1) is 12.7. The zero-order valence-corrected chi connectivity index (χ0v) is 15.4. The van der Waals surface area contributed by atoms with Gasteiger partial charge >= 0.3 is 0 Å².